The van der Waals surface area contributed by atoms with Crippen LogP contribution in [0.2, 0.25) is 0 Å². The predicted molar refractivity (Wildman–Crippen MR) is 62.5 cm³/mol. The van der Waals surface area contributed by atoms with Crippen LogP contribution in [0.4, 0.5) is 0 Å². The number of thioether (sulfide) groups is 1. The van der Waals surface area contributed by atoms with E-state index in [0.717, 1.165) is 17.7 Å². The summed E-state index contributed by atoms with van der Waals surface area (Å²) < 4.78 is 0. The molecule has 1 aromatic rings. The van der Waals surface area contributed by atoms with Crippen molar-refractivity contribution >= 4 is 11.8 Å². The molecule has 0 amide bonds. The van der Waals surface area contributed by atoms with Crippen molar-refractivity contribution in [1.29, 1.82) is 0 Å². The van der Waals surface area contributed by atoms with Gasteiger partial charge in [0.05, 0.1) is 6.61 Å². The molecule has 0 aliphatic rings. The van der Waals surface area contributed by atoms with Gasteiger partial charge in [0.15, 0.2) is 0 Å². The van der Waals surface area contributed by atoms with Crippen molar-refractivity contribution in [3.63, 3.8) is 0 Å². The summed E-state index contributed by atoms with van der Waals surface area (Å²) >= 11 is 1.81. The second-order valence-corrected chi connectivity index (χ2v) is 4.53. The summed E-state index contributed by atoms with van der Waals surface area (Å²) in [5.41, 5.74) is 2.20. The molecule has 76 valence electrons. The van der Waals surface area contributed by atoms with Gasteiger partial charge >= 0.3 is 0 Å². The van der Waals surface area contributed by atoms with Crippen LogP contribution in [0.25, 0.3) is 0 Å². The number of aliphatic hydroxyl groups excluding tert-OH is 1. The Bertz CT molecular complexity index is 307. The van der Waals surface area contributed by atoms with Gasteiger partial charge < -0.3 is 5.11 Å². The molecule has 0 aliphatic carbocycles. The third kappa shape index (κ3) is 3.99. The average Bonchev–Trinajstić information content (AvgIpc) is 2.18. The second-order valence-electron chi connectivity index (χ2n) is 3.36. The average molecular weight is 208 g/mol. The Labute approximate surface area is 89.8 Å². The van der Waals surface area contributed by atoms with E-state index < -0.39 is 0 Å². The zero-order chi connectivity index (χ0) is 10.4. The lowest BCUT2D eigenvalue weighted by Gasteiger charge is -2.03. The van der Waals surface area contributed by atoms with Crippen LogP contribution in [0.5, 0.6) is 0 Å². The van der Waals surface area contributed by atoms with Gasteiger partial charge in [-0.05, 0) is 31.0 Å². The van der Waals surface area contributed by atoms with Gasteiger partial charge in [0, 0.05) is 10.6 Å². The molecule has 0 atom stereocenters. The molecule has 1 aromatic carbocycles. The molecule has 0 heterocycles. The first-order chi connectivity index (χ1) is 6.72. The molecule has 0 radical (unpaired) electrons. The number of rotatable bonds is 5. The largest absolute Gasteiger partial charge is 0.392 e. The number of aliphatic hydroxyl groups is 1. The van der Waals surface area contributed by atoms with E-state index in [2.05, 4.69) is 12.6 Å². The van der Waals surface area contributed by atoms with Crippen molar-refractivity contribution in [2.75, 3.05) is 5.75 Å². The third-order valence-corrected chi connectivity index (χ3v) is 2.87. The molecule has 14 heavy (non-hydrogen) atoms. The third-order valence-electron chi connectivity index (χ3n) is 1.88. The maximum atomic E-state index is 8.95. The monoisotopic (exact) mass is 208 g/mol. The van der Waals surface area contributed by atoms with Crippen LogP contribution < -0.4 is 0 Å². The SMILES string of the molecule is C=C(C)CCSc1cccc(CO)c1. The van der Waals surface area contributed by atoms with E-state index in [4.69, 9.17) is 5.11 Å². The van der Waals surface area contributed by atoms with Gasteiger partial charge in [-0.25, -0.2) is 0 Å². The predicted octanol–water partition coefficient (Wildman–Crippen LogP) is 3.24. The van der Waals surface area contributed by atoms with Crippen molar-refractivity contribution in [3.05, 3.63) is 42.0 Å². The van der Waals surface area contributed by atoms with Crippen molar-refractivity contribution < 1.29 is 5.11 Å². The highest BCUT2D eigenvalue weighted by atomic mass is 32.2. The molecular formula is C12H16OS. The Kier molecular flexibility index (Phi) is 4.77. The van der Waals surface area contributed by atoms with Crippen molar-refractivity contribution in [1.82, 2.24) is 0 Å². The fraction of sp³-hybridized carbons (Fsp3) is 0.333. The van der Waals surface area contributed by atoms with E-state index in [1.165, 1.54) is 10.5 Å². The molecule has 0 saturated heterocycles. The summed E-state index contributed by atoms with van der Waals surface area (Å²) in [5, 5.41) is 8.95. The molecule has 0 saturated carbocycles. The van der Waals surface area contributed by atoms with Crippen LogP contribution >= 0.6 is 11.8 Å². The Morgan fingerprint density at radius 2 is 2.29 bits per heavy atom. The van der Waals surface area contributed by atoms with Crippen LogP contribution in [0.15, 0.2) is 41.3 Å². The molecule has 2 heteroatoms. The highest BCUT2D eigenvalue weighted by Gasteiger charge is 1.96. The Hall–Kier alpha value is -0.730. The summed E-state index contributed by atoms with van der Waals surface area (Å²) in [5.74, 6) is 1.06. The van der Waals surface area contributed by atoms with E-state index in [0.29, 0.717) is 0 Å². The molecule has 1 nitrogen and oxygen atoms in total. The first-order valence-corrected chi connectivity index (χ1v) is 5.68. The minimum absolute atomic E-state index is 0.120. The van der Waals surface area contributed by atoms with Gasteiger partial charge in [-0.2, -0.15) is 0 Å². The maximum Gasteiger partial charge on any atom is 0.0682 e. The highest BCUT2D eigenvalue weighted by Crippen LogP contribution is 2.20. The van der Waals surface area contributed by atoms with Gasteiger partial charge in [-0.3, -0.25) is 0 Å². The van der Waals surface area contributed by atoms with Crippen LogP contribution in [0, 0.1) is 0 Å². The minimum atomic E-state index is 0.120. The lowest BCUT2D eigenvalue weighted by molar-refractivity contribution is 0.281. The van der Waals surface area contributed by atoms with Crippen LogP contribution in [-0.4, -0.2) is 10.9 Å². The van der Waals surface area contributed by atoms with Gasteiger partial charge in [-0.15, -0.1) is 18.3 Å². The molecule has 0 spiro atoms. The first kappa shape index (κ1) is 11.3. The first-order valence-electron chi connectivity index (χ1n) is 4.69. The molecule has 1 rings (SSSR count). The Morgan fingerprint density at radius 1 is 1.50 bits per heavy atom. The maximum absolute atomic E-state index is 8.95. The number of benzene rings is 1. The van der Waals surface area contributed by atoms with E-state index >= 15 is 0 Å². The fourth-order valence-electron chi connectivity index (χ4n) is 1.08. The number of allylic oxidation sites excluding steroid dienone is 1. The minimum Gasteiger partial charge on any atom is -0.392 e. The Morgan fingerprint density at radius 3 is 2.93 bits per heavy atom. The smallest absolute Gasteiger partial charge is 0.0682 e. The molecule has 0 bridgehead atoms. The standard InChI is InChI=1S/C12H16OS/c1-10(2)6-7-14-12-5-3-4-11(8-12)9-13/h3-5,8,13H,1,6-7,9H2,2H3. The molecule has 0 aliphatic heterocycles. The summed E-state index contributed by atoms with van der Waals surface area (Å²) in [6.45, 7) is 6.03. The highest BCUT2D eigenvalue weighted by molar-refractivity contribution is 7.99. The number of hydrogen-bond acceptors (Lipinski definition) is 2. The normalized spacial score (nSPS) is 10.1. The fourth-order valence-corrected chi connectivity index (χ4v) is 2.17. The van der Waals surface area contributed by atoms with E-state index in [-0.39, 0.29) is 6.61 Å². The summed E-state index contributed by atoms with van der Waals surface area (Å²) in [6.07, 6.45) is 1.05. The van der Waals surface area contributed by atoms with Crippen molar-refractivity contribution in [3.8, 4) is 0 Å². The number of hydrogen-bond donors (Lipinski definition) is 1. The van der Waals surface area contributed by atoms with E-state index in [1.54, 1.807) is 11.8 Å². The van der Waals surface area contributed by atoms with Crippen LogP contribution in [0.3, 0.4) is 0 Å². The van der Waals surface area contributed by atoms with Gasteiger partial charge in [0.25, 0.3) is 0 Å². The van der Waals surface area contributed by atoms with Gasteiger partial charge in [0.2, 0.25) is 0 Å². The van der Waals surface area contributed by atoms with Crippen LogP contribution in [-0.2, 0) is 6.61 Å². The van der Waals surface area contributed by atoms with Crippen molar-refractivity contribution in [2.45, 2.75) is 24.8 Å². The summed E-state index contributed by atoms with van der Waals surface area (Å²) in [7, 11) is 0. The molecule has 0 fully saturated rings. The van der Waals surface area contributed by atoms with Crippen LogP contribution in [0.1, 0.15) is 18.9 Å². The zero-order valence-corrected chi connectivity index (χ0v) is 9.31. The molecule has 0 unspecified atom stereocenters. The summed E-state index contributed by atoms with van der Waals surface area (Å²) in [6, 6.07) is 8.02. The molecule has 1 N–H and O–H groups in total. The van der Waals surface area contributed by atoms with Gasteiger partial charge in [-0.1, -0.05) is 17.7 Å². The quantitative estimate of drug-likeness (QED) is 0.592. The lowest BCUT2D eigenvalue weighted by atomic mass is 10.2. The second kappa shape index (κ2) is 5.89. The summed E-state index contributed by atoms with van der Waals surface area (Å²) in [4.78, 5) is 1.22. The van der Waals surface area contributed by atoms with Crippen molar-refractivity contribution in [2.24, 2.45) is 0 Å². The molecular weight excluding hydrogens is 192 g/mol. The van der Waals surface area contributed by atoms with Gasteiger partial charge in [0.1, 0.15) is 0 Å². The molecule has 0 aromatic heterocycles. The zero-order valence-electron chi connectivity index (χ0n) is 8.49. The van der Waals surface area contributed by atoms with E-state index in [9.17, 15) is 0 Å². The Balaban J connectivity index is 2.46. The van der Waals surface area contributed by atoms with E-state index in [1.807, 2.05) is 25.1 Å². The lowest BCUT2D eigenvalue weighted by Crippen LogP contribution is -1.84. The topological polar surface area (TPSA) is 20.2 Å².